The highest BCUT2D eigenvalue weighted by Crippen LogP contribution is 2.84. The van der Waals surface area contributed by atoms with E-state index < -0.39 is 0 Å². The zero-order valence-corrected chi connectivity index (χ0v) is 10.4. The predicted octanol–water partition coefficient (Wildman–Crippen LogP) is 2.56. The van der Waals surface area contributed by atoms with E-state index in [1.807, 2.05) is 13.2 Å². The van der Waals surface area contributed by atoms with Crippen molar-refractivity contribution in [3.8, 4) is 0 Å². The molecular weight excluding hydrogens is 212 g/mol. The standard InChI is InChI=1S/C15H20O2/c1-3-4-5-13-14-11(9-17-13)8-10-6-7-12(14)15(10,14)16-2/h3,6-7,10-13H,1,4-5,8-9H2,2H3/t10-,11-,12-,13+,14+,15?/m1/s1. The molecule has 0 radical (unpaired) electrons. The molecule has 3 fully saturated rings. The van der Waals surface area contributed by atoms with E-state index in [0.29, 0.717) is 23.4 Å². The Morgan fingerprint density at radius 1 is 1.53 bits per heavy atom. The van der Waals surface area contributed by atoms with Crippen molar-refractivity contribution < 1.29 is 9.47 Å². The van der Waals surface area contributed by atoms with Crippen LogP contribution < -0.4 is 0 Å². The Bertz CT molecular complexity index is 402. The minimum absolute atomic E-state index is 0.111. The quantitative estimate of drug-likeness (QED) is 0.694. The summed E-state index contributed by atoms with van der Waals surface area (Å²) in [5.41, 5.74) is 0.435. The van der Waals surface area contributed by atoms with Gasteiger partial charge in [-0.25, -0.2) is 0 Å². The average molecular weight is 232 g/mol. The molecule has 2 saturated carbocycles. The Morgan fingerprint density at radius 2 is 2.41 bits per heavy atom. The largest absolute Gasteiger partial charge is 0.377 e. The van der Waals surface area contributed by atoms with E-state index in [1.165, 1.54) is 6.42 Å². The first-order valence-electron chi connectivity index (χ1n) is 6.78. The summed E-state index contributed by atoms with van der Waals surface area (Å²) in [4.78, 5) is 0. The van der Waals surface area contributed by atoms with Crippen molar-refractivity contribution in [2.45, 2.75) is 31.0 Å². The van der Waals surface area contributed by atoms with Crippen LogP contribution in [0.3, 0.4) is 0 Å². The van der Waals surface area contributed by atoms with Gasteiger partial charge in [0.15, 0.2) is 0 Å². The van der Waals surface area contributed by atoms with Gasteiger partial charge in [-0.2, -0.15) is 0 Å². The number of allylic oxidation sites excluding steroid dienone is 1. The molecule has 1 unspecified atom stereocenters. The van der Waals surface area contributed by atoms with Gasteiger partial charge in [0.2, 0.25) is 0 Å². The molecule has 17 heavy (non-hydrogen) atoms. The topological polar surface area (TPSA) is 18.5 Å². The predicted molar refractivity (Wildman–Crippen MR) is 65.6 cm³/mol. The van der Waals surface area contributed by atoms with Crippen LogP contribution in [0, 0.1) is 23.2 Å². The monoisotopic (exact) mass is 232 g/mol. The average Bonchev–Trinajstić information content (AvgIpc) is 2.59. The Kier molecular flexibility index (Phi) is 1.85. The minimum Gasteiger partial charge on any atom is -0.377 e. The molecular formula is C15H20O2. The zero-order valence-electron chi connectivity index (χ0n) is 10.4. The maximum Gasteiger partial charge on any atom is 0.0901 e. The maximum absolute atomic E-state index is 6.08. The van der Waals surface area contributed by atoms with Crippen molar-refractivity contribution >= 4 is 0 Å². The molecule has 0 N–H and O–H groups in total. The van der Waals surface area contributed by atoms with Crippen LogP contribution >= 0.6 is 0 Å². The first-order valence-corrected chi connectivity index (χ1v) is 6.78. The van der Waals surface area contributed by atoms with E-state index in [4.69, 9.17) is 9.47 Å². The van der Waals surface area contributed by atoms with E-state index >= 15 is 0 Å². The Hall–Kier alpha value is -0.600. The number of hydrogen-bond donors (Lipinski definition) is 0. The van der Waals surface area contributed by atoms with E-state index in [2.05, 4.69) is 18.7 Å². The molecule has 1 saturated heterocycles. The summed E-state index contributed by atoms with van der Waals surface area (Å²) in [5.74, 6) is 2.00. The van der Waals surface area contributed by atoms with Crippen molar-refractivity contribution in [3.05, 3.63) is 24.8 Å². The Morgan fingerprint density at radius 3 is 3.12 bits per heavy atom. The van der Waals surface area contributed by atoms with Crippen LogP contribution in [0.1, 0.15) is 19.3 Å². The second-order valence-electron chi connectivity index (χ2n) is 6.02. The number of rotatable bonds is 4. The van der Waals surface area contributed by atoms with Crippen LogP contribution in [0.25, 0.3) is 0 Å². The molecule has 4 rings (SSSR count). The van der Waals surface area contributed by atoms with E-state index in [9.17, 15) is 0 Å². The summed E-state index contributed by atoms with van der Waals surface area (Å²) in [6.07, 6.45) is 10.6. The van der Waals surface area contributed by atoms with Gasteiger partial charge in [0.05, 0.1) is 18.3 Å². The minimum atomic E-state index is 0.111. The third-order valence-corrected chi connectivity index (χ3v) is 5.87. The van der Waals surface area contributed by atoms with Crippen LogP contribution in [-0.4, -0.2) is 25.4 Å². The van der Waals surface area contributed by atoms with Gasteiger partial charge in [-0.05, 0) is 25.2 Å². The van der Waals surface area contributed by atoms with Gasteiger partial charge in [-0.3, -0.25) is 0 Å². The molecule has 92 valence electrons. The lowest BCUT2D eigenvalue weighted by molar-refractivity contribution is -0.00668. The van der Waals surface area contributed by atoms with Crippen LogP contribution in [0.5, 0.6) is 0 Å². The lowest BCUT2D eigenvalue weighted by Crippen LogP contribution is -2.31. The molecule has 1 heterocycles. The van der Waals surface area contributed by atoms with Crippen molar-refractivity contribution in [2.75, 3.05) is 13.7 Å². The van der Waals surface area contributed by atoms with Gasteiger partial charge in [0.25, 0.3) is 0 Å². The van der Waals surface area contributed by atoms with Crippen molar-refractivity contribution in [2.24, 2.45) is 23.2 Å². The molecule has 4 aliphatic rings. The van der Waals surface area contributed by atoms with Crippen molar-refractivity contribution in [1.29, 1.82) is 0 Å². The molecule has 1 spiro atoms. The maximum atomic E-state index is 6.08. The molecule has 0 aromatic carbocycles. The summed E-state index contributed by atoms with van der Waals surface area (Å²) < 4.78 is 12.1. The highest BCUT2D eigenvalue weighted by atomic mass is 16.5. The number of methoxy groups -OCH3 is 1. The second-order valence-corrected chi connectivity index (χ2v) is 6.02. The van der Waals surface area contributed by atoms with E-state index in [0.717, 1.165) is 25.4 Å². The Balaban J connectivity index is 1.71. The van der Waals surface area contributed by atoms with Gasteiger partial charge < -0.3 is 9.47 Å². The highest BCUT2D eigenvalue weighted by Gasteiger charge is 2.90. The van der Waals surface area contributed by atoms with Crippen molar-refractivity contribution in [3.63, 3.8) is 0 Å². The van der Waals surface area contributed by atoms with Crippen LogP contribution in [0.15, 0.2) is 24.8 Å². The summed E-state index contributed by atoms with van der Waals surface area (Å²) >= 11 is 0. The van der Waals surface area contributed by atoms with Crippen LogP contribution in [0.4, 0.5) is 0 Å². The summed E-state index contributed by atoms with van der Waals surface area (Å²) in [6, 6.07) is 0. The molecule has 2 heteroatoms. The lowest BCUT2D eigenvalue weighted by Gasteiger charge is -2.24. The molecule has 2 nitrogen and oxygen atoms in total. The Labute approximate surface area is 103 Å². The van der Waals surface area contributed by atoms with E-state index in [-0.39, 0.29) is 5.60 Å². The number of hydrogen-bond acceptors (Lipinski definition) is 2. The van der Waals surface area contributed by atoms with Gasteiger partial charge >= 0.3 is 0 Å². The summed E-state index contributed by atoms with van der Waals surface area (Å²) in [5, 5.41) is 0. The third kappa shape index (κ3) is 0.839. The SMILES string of the molecule is C=CCC[C@@H]1OC[C@H]2C[C@H]3C=C[C@H]4C3(OC)[C@]214. The second kappa shape index (κ2) is 3.04. The fraction of sp³-hybridized carbons (Fsp3) is 0.733. The van der Waals surface area contributed by atoms with E-state index in [1.54, 1.807) is 0 Å². The molecule has 0 bridgehead atoms. The first-order chi connectivity index (χ1) is 8.32. The molecule has 6 atom stereocenters. The highest BCUT2D eigenvalue weighted by molar-refractivity contribution is 5.46. The molecule has 3 aliphatic carbocycles. The molecule has 0 aromatic heterocycles. The van der Waals surface area contributed by atoms with Gasteiger partial charge in [-0.1, -0.05) is 18.2 Å². The summed E-state index contributed by atoms with van der Waals surface area (Å²) in [7, 11) is 1.90. The van der Waals surface area contributed by atoms with Gasteiger partial charge in [-0.15, -0.1) is 6.58 Å². The zero-order chi connectivity index (χ0) is 11.7. The van der Waals surface area contributed by atoms with Gasteiger partial charge in [0, 0.05) is 24.4 Å². The normalized spacial score (nSPS) is 57.0. The van der Waals surface area contributed by atoms with Crippen LogP contribution in [0.2, 0.25) is 0 Å². The number of ether oxygens (including phenoxy) is 2. The first kappa shape index (κ1) is 10.3. The van der Waals surface area contributed by atoms with Crippen molar-refractivity contribution in [1.82, 2.24) is 0 Å². The molecule has 0 amide bonds. The smallest absolute Gasteiger partial charge is 0.0901 e. The fourth-order valence-corrected chi connectivity index (χ4v) is 5.45. The van der Waals surface area contributed by atoms with Gasteiger partial charge in [0.1, 0.15) is 0 Å². The fourth-order valence-electron chi connectivity index (χ4n) is 5.45. The van der Waals surface area contributed by atoms with Crippen LogP contribution in [-0.2, 0) is 9.47 Å². The lowest BCUT2D eigenvalue weighted by atomic mass is 9.84. The molecule has 1 aliphatic heterocycles. The summed E-state index contributed by atoms with van der Waals surface area (Å²) in [6.45, 7) is 4.77. The third-order valence-electron chi connectivity index (χ3n) is 5.87. The molecule has 0 aromatic rings.